The van der Waals surface area contributed by atoms with Crippen molar-refractivity contribution in [2.45, 2.75) is 51.0 Å². The van der Waals surface area contributed by atoms with Crippen LogP contribution in [0.3, 0.4) is 0 Å². The van der Waals surface area contributed by atoms with Gasteiger partial charge in [-0.3, -0.25) is 4.79 Å². The largest absolute Gasteiger partial charge is 0.480 e. The molecular weight excluding hydrogens is 202 g/mol. The van der Waals surface area contributed by atoms with Gasteiger partial charge in [0.15, 0.2) is 0 Å². The zero-order valence-electron chi connectivity index (χ0n) is 8.45. The fourth-order valence-electron chi connectivity index (χ4n) is 2.01. The molecule has 3 N–H and O–H groups in total. The molecule has 0 amide bonds. The highest BCUT2D eigenvalue weighted by Gasteiger charge is 2.17. The maximum atomic E-state index is 10.4. The Hall–Kier alpha value is -0.280. The number of nitrogens with two attached hydrogens (primary N) is 1. The first-order valence-electron chi connectivity index (χ1n) is 5.18. The second kappa shape index (κ2) is 7.07. The van der Waals surface area contributed by atoms with E-state index in [1.807, 2.05) is 0 Å². The van der Waals surface area contributed by atoms with Gasteiger partial charge in [-0.05, 0) is 18.8 Å². The van der Waals surface area contributed by atoms with Gasteiger partial charge < -0.3 is 10.8 Å². The summed E-state index contributed by atoms with van der Waals surface area (Å²) in [5, 5.41) is 8.59. The first kappa shape index (κ1) is 13.7. The Kier molecular flexibility index (Phi) is 6.93. The van der Waals surface area contributed by atoms with Crippen molar-refractivity contribution in [3.05, 3.63) is 0 Å². The molecule has 1 atom stereocenters. The second-order valence-corrected chi connectivity index (χ2v) is 4.03. The van der Waals surface area contributed by atoms with Crippen LogP contribution >= 0.6 is 12.4 Å². The van der Waals surface area contributed by atoms with Crippen molar-refractivity contribution < 1.29 is 9.90 Å². The summed E-state index contributed by atoms with van der Waals surface area (Å²) in [5.74, 6) is -0.130. The molecule has 3 nitrogen and oxygen atoms in total. The fourth-order valence-corrected chi connectivity index (χ4v) is 2.01. The van der Waals surface area contributed by atoms with Crippen LogP contribution in [-0.2, 0) is 4.79 Å². The number of carboxylic acids is 1. The molecule has 0 aromatic carbocycles. The van der Waals surface area contributed by atoms with Crippen molar-refractivity contribution in [2.75, 3.05) is 0 Å². The molecule has 1 unspecified atom stereocenters. The van der Waals surface area contributed by atoms with Crippen LogP contribution in [0.15, 0.2) is 0 Å². The Morgan fingerprint density at radius 1 is 1.36 bits per heavy atom. The van der Waals surface area contributed by atoms with Gasteiger partial charge in [-0.15, -0.1) is 12.4 Å². The summed E-state index contributed by atoms with van der Waals surface area (Å²) >= 11 is 0. The van der Waals surface area contributed by atoms with Gasteiger partial charge >= 0.3 is 5.97 Å². The average Bonchev–Trinajstić information content (AvgIpc) is 2.15. The molecule has 14 heavy (non-hydrogen) atoms. The minimum absolute atomic E-state index is 0. The molecule has 1 aliphatic carbocycles. The number of hydrogen-bond donors (Lipinski definition) is 2. The molecule has 0 heterocycles. The number of aliphatic carboxylic acids is 1. The van der Waals surface area contributed by atoms with Gasteiger partial charge in [-0.25, -0.2) is 0 Å². The molecule has 0 saturated heterocycles. The van der Waals surface area contributed by atoms with E-state index in [4.69, 9.17) is 10.8 Å². The smallest absolute Gasteiger partial charge is 0.320 e. The number of rotatable bonds is 4. The summed E-state index contributed by atoms with van der Waals surface area (Å²) in [4.78, 5) is 10.4. The van der Waals surface area contributed by atoms with Crippen LogP contribution in [-0.4, -0.2) is 17.1 Å². The molecule has 4 heteroatoms. The Morgan fingerprint density at radius 2 is 1.93 bits per heavy atom. The molecule has 0 aromatic heterocycles. The van der Waals surface area contributed by atoms with Crippen molar-refractivity contribution in [1.82, 2.24) is 0 Å². The SMILES string of the molecule is Cl.NC(CCC1CCCCC1)C(=O)O. The van der Waals surface area contributed by atoms with Crippen LogP contribution in [0.1, 0.15) is 44.9 Å². The van der Waals surface area contributed by atoms with Crippen molar-refractivity contribution in [3.8, 4) is 0 Å². The van der Waals surface area contributed by atoms with Crippen LogP contribution in [0.5, 0.6) is 0 Å². The second-order valence-electron chi connectivity index (χ2n) is 4.03. The number of carbonyl (C=O) groups is 1. The van der Waals surface area contributed by atoms with Gasteiger partial charge in [0, 0.05) is 0 Å². The predicted octanol–water partition coefficient (Wildman–Crippen LogP) is 2.18. The highest BCUT2D eigenvalue weighted by atomic mass is 35.5. The molecule has 0 aromatic rings. The van der Waals surface area contributed by atoms with E-state index in [-0.39, 0.29) is 12.4 Å². The van der Waals surface area contributed by atoms with E-state index >= 15 is 0 Å². The lowest BCUT2D eigenvalue weighted by atomic mass is 9.85. The van der Waals surface area contributed by atoms with E-state index in [0.717, 1.165) is 12.3 Å². The molecule has 1 rings (SSSR count). The zero-order chi connectivity index (χ0) is 9.68. The Bertz CT molecular complexity index is 170. The molecule has 0 spiro atoms. The molecular formula is C10H20ClNO2. The zero-order valence-corrected chi connectivity index (χ0v) is 9.26. The van der Waals surface area contributed by atoms with E-state index in [1.165, 1.54) is 32.1 Å². The summed E-state index contributed by atoms with van der Waals surface area (Å²) in [5.41, 5.74) is 5.43. The van der Waals surface area contributed by atoms with Crippen molar-refractivity contribution in [2.24, 2.45) is 11.7 Å². The summed E-state index contributed by atoms with van der Waals surface area (Å²) in [6, 6.07) is -0.651. The number of halogens is 1. The van der Waals surface area contributed by atoms with Crippen molar-refractivity contribution in [3.63, 3.8) is 0 Å². The molecule has 0 aliphatic heterocycles. The lowest BCUT2D eigenvalue weighted by Gasteiger charge is -2.21. The van der Waals surface area contributed by atoms with Gasteiger partial charge in [0.05, 0.1) is 0 Å². The lowest BCUT2D eigenvalue weighted by molar-refractivity contribution is -0.138. The molecule has 1 fully saturated rings. The predicted molar refractivity (Wildman–Crippen MR) is 58.7 cm³/mol. The first-order chi connectivity index (χ1) is 6.20. The van der Waals surface area contributed by atoms with Crippen LogP contribution in [0.4, 0.5) is 0 Å². The molecule has 0 bridgehead atoms. The topological polar surface area (TPSA) is 63.3 Å². The third-order valence-corrected chi connectivity index (χ3v) is 2.93. The molecule has 1 aliphatic rings. The Morgan fingerprint density at radius 3 is 2.43 bits per heavy atom. The quantitative estimate of drug-likeness (QED) is 0.765. The van der Waals surface area contributed by atoms with E-state index in [9.17, 15) is 4.79 Å². The fraction of sp³-hybridized carbons (Fsp3) is 0.900. The van der Waals surface area contributed by atoms with Gasteiger partial charge in [-0.2, -0.15) is 0 Å². The third-order valence-electron chi connectivity index (χ3n) is 2.93. The molecule has 84 valence electrons. The first-order valence-corrected chi connectivity index (χ1v) is 5.18. The van der Waals surface area contributed by atoms with Gasteiger partial charge in [0.2, 0.25) is 0 Å². The van der Waals surface area contributed by atoms with E-state index < -0.39 is 12.0 Å². The van der Waals surface area contributed by atoms with E-state index in [2.05, 4.69) is 0 Å². The van der Waals surface area contributed by atoms with Gasteiger partial charge in [-0.1, -0.05) is 32.1 Å². The Labute approximate surface area is 91.5 Å². The monoisotopic (exact) mass is 221 g/mol. The normalized spacial score (nSPS) is 19.8. The van der Waals surface area contributed by atoms with Crippen molar-refractivity contribution >= 4 is 18.4 Å². The standard InChI is InChI=1S/C10H19NO2.ClH/c11-9(10(12)13)7-6-8-4-2-1-3-5-8;/h8-9H,1-7,11H2,(H,12,13);1H. The van der Waals surface area contributed by atoms with Crippen molar-refractivity contribution in [1.29, 1.82) is 0 Å². The maximum absolute atomic E-state index is 10.4. The lowest BCUT2D eigenvalue weighted by Crippen LogP contribution is -2.30. The summed E-state index contributed by atoms with van der Waals surface area (Å²) in [6.45, 7) is 0. The highest BCUT2D eigenvalue weighted by Crippen LogP contribution is 2.27. The summed E-state index contributed by atoms with van der Waals surface area (Å²) in [6.07, 6.45) is 8.15. The molecule has 0 radical (unpaired) electrons. The van der Waals surface area contributed by atoms with E-state index in [0.29, 0.717) is 6.42 Å². The summed E-state index contributed by atoms with van der Waals surface area (Å²) < 4.78 is 0. The van der Waals surface area contributed by atoms with Crippen LogP contribution in [0.25, 0.3) is 0 Å². The number of carboxylic acid groups (broad SMARTS) is 1. The minimum atomic E-state index is -0.865. The van der Waals surface area contributed by atoms with Gasteiger partial charge in [0.25, 0.3) is 0 Å². The van der Waals surface area contributed by atoms with Crippen LogP contribution < -0.4 is 5.73 Å². The summed E-state index contributed by atoms with van der Waals surface area (Å²) in [7, 11) is 0. The average molecular weight is 222 g/mol. The van der Waals surface area contributed by atoms with Crippen LogP contribution in [0.2, 0.25) is 0 Å². The third kappa shape index (κ3) is 4.82. The Balaban J connectivity index is 0.00000169. The van der Waals surface area contributed by atoms with Gasteiger partial charge in [0.1, 0.15) is 6.04 Å². The maximum Gasteiger partial charge on any atom is 0.320 e. The van der Waals surface area contributed by atoms with E-state index in [1.54, 1.807) is 0 Å². The van der Waals surface area contributed by atoms with Crippen LogP contribution in [0, 0.1) is 5.92 Å². The molecule has 1 saturated carbocycles. The minimum Gasteiger partial charge on any atom is -0.480 e. The number of hydrogen-bond acceptors (Lipinski definition) is 2. The highest BCUT2D eigenvalue weighted by molar-refractivity contribution is 5.85.